The van der Waals surface area contributed by atoms with E-state index < -0.39 is 0 Å². The number of benzene rings is 2. The molecule has 2 N–H and O–H groups in total. The third-order valence-corrected chi connectivity index (χ3v) is 6.31. The molecule has 2 aromatic carbocycles. The maximum Gasteiger partial charge on any atom is 0.317 e. The van der Waals surface area contributed by atoms with Crippen LogP contribution in [0.25, 0.3) is 5.69 Å². The van der Waals surface area contributed by atoms with E-state index in [-0.39, 0.29) is 17.4 Å². The molecule has 1 fully saturated rings. The number of hydrogen-bond acceptors (Lipinski definition) is 3. The molecule has 1 aromatic heterocycles. The molecule has 3 aromatic rings. The predicted octanol–water partition coefficient (Wildman–Crippen LogP) is 4.25. The number of aromatic nitrogens is 1. The number of rotatable bonds is 3. The summed E-state index contributed by atoms with van der Waals surface area (Å²) in [6, 6.07) is 16.6. The van der Waals surface area contributed by atoms with Crippen LogP contribution in [-0.2, 0) is 12.1 Å². The molecule has 3 heterocycles. The van der Waals surface area contributed by atoms with Crippen molar-refractivity contribution in [1.29, 1.82) is 0 Å². The van der Waals surface area contributed by atoms with Gasteiger partial charge in [-0.3, -0.25) is 0 Å². The number of piperidine rings is 1. The highest BCUT2D eigenvalue weighted by Gasteiger charge is 2.42. The van der Waals surface area contributed by atoms with Gasteiger partial charge in [-0.2, -0.15) is 0 Å². The molecular formula is C24H25FN4O2. The summed E-state index contributed by atoms with van der Waals surface area (Å²) in [5.41, 5.74) is 3.58. The Hall–Kier alpha value is -3.48. The van der Waals surface area contributed by atoms with E-state index in [1.807, 2.05) is 41.4 Å². The van der Waals surface area contributed by atoms with Gasteiger partial charge < -0.3 is 24.8 Å². The number of urea groups is 1. The fourth-order valence-electron chi connectivity index (χ4n) is 4.67. The summed E-state index contributed by atoms with van der Waals surface area (Å²) in [6.45, 7) is 1.69. The molecule has 7 heteroatoms. The van der Waals surface area contributed by atoms with Gasteiger partial charge in [-0.05, 0) is 60.9 Å². The summed E-state index contributed by atoms with van der Waals surface area (Å²) in [5, 5.41) is 6.60. The van der Waals surface area contributed by atoms with Crippen molar-refractivity contribution < 1.29 is 13.9 Å². The van der Waals surface area contributed by atoms with Gasteiger partial charge in [0.2, 0.25) is 0 Å². The van der Waals surface area contributed by atoms with Crippen molar-refractivity contribution in [3.8, 4) is 11.4 Å². The average Bonchev–Trinajstić information content (AvgIpc) is 3.29. The van der Waals surface area contributed by atoms with Gasteiger partial charge in [-0.1, -0.05) is 12.1 Å². The number of nitrogens with one attached hydrogen (secondary N) is 2. The number of anilines is 1. The molecule has 31 heavy (non-hydrogen) atoms. The third kappa shape index (κ3) is 3.50. The van der Waals surface area contributed by atoms with Crippen LogP contribution in [0.15, 0.2) is 60.8 Å². The minimum atomic E-state index is -0.312. The molecule has 5 rings (SSSR count). The molecule has 2 aliphatic rings. The van der Waals surface area contributed by atoms with Crippen molar-refractivity contribution in [2.45, 2.75) is 24.9 Å². The highest BCUT2D eigenvalue weighted by molar-refractivity contribution is 5.74. The number of halogens is 1. The van der Waals surface area contributed by atoms with E-state index in [1.54, 1.807) is 19.2 Å². The number of ether oxygens (including phenoxy) is 1. The molecule has 2 amide bonds. The number of amides is 2. The van der Waals surface area contributed by atoms with Crippen LogP contribution in [0.4, 0.5) is 14.9 Å². The number of carbonyl (C=O) groups is 1. The Balaban J connectivity index is 1.27. The first-order valence-corrected chi connectivity index (χ1v) is 10.5. The van der Waals surface area contributed by atoms with Crippen molar-refractivity contribution >= 4 is 11.7 Å². The first-order chi connectivity index (χ1) is 15.1. The lowest BCUT2D eigenvalue weighted by atomic mass is 9.82. The van der Waals surface area contributed by atoms with E-state index in [0.29, 0.717) is 19.6 Å². The number of hydrogen-bond donors (Lipinski definition) is 2. The molecule has 0 aliphatic carbocycles. The zero-order chi connectivity index (χ0) is 21.4. The number of carbonyl (C=O) groups excluding carboxylic acids is 1. The monoisotopic (exact) mass is 420 g/mol. The largest absolute Gasteiger partial charge is 0.497 e. The van der Waals surface area contributed by atoms with Crippen LogP contribution in [0.2, 0.25) is 0 Å². The maximum atomic E-state index is 13.9. The second-order valence-corrected chi connectivity index (χ2v) is 8.13. The molecule has 1 saturated heterocycles. The van der Waals surface area contributed by atoms with E-state index >= 15 is 0 Å². The molecule has 0 unspecified atom stereocenters. The van der Waals surface area contributed by atoms with Crippen LogP contribution in [0.3, 0.4) is 0 Å². The summed E-state index contributed by atoms with van der Waals surface area (Å²) in [4.78, 5) is 14.6. The molecule has 6 nitrogen and oxygen atoms in total. The molecule has 0 radical (unpaired) electrons. The van der Waals surface area contributed by atoms with Crippen molar-refractivity contribution in [3.63, 3.8) is 0 Å². The zero-order valence-corrected chi connectivity index (χ0v) is 17.4. The first-order valence-electron chi connectivity index (χ1n) is 10.5. The zero-order valence-electron chi connectivity index (χ0n) is 17.4. The number of nitrogens with zero attached hydrogens (tertiary/aromatic N) is 2. The molecule has 0 atom stereocenters. The van der Waals surface area contributed by atoms with E-state index in [2.05, 4.69) is 21.3 Å². The van der Waals surface area contributed by atoms with Gasteiger partial charge in [0.25, 0.3) is 0 Å². The summed E-state index contributed by atoms with van der Waals surface area (Å²) in [6.07, 6.45) is 3.51. The van der Waals surface area contributed by atoms with Crippen LogP contribution in [0, 0.1) is 5.82 Å². The summed E-state index contributed by atoms with van der Waals surface area (Å²) in [5.74, 6) is 0.515. The summed E-state index contributed by atoms with van der Waals surface area (Å²) in [7, 11) is 1.63. The summed E-state index contributed by atoms with van der Waals surface area (Å²) < 4.78 is 21.2. The summed E-state index contributed by atoms with van der Waals surface area (Å²) >= 11 is 0. The smallest absolute Gasteiger partial charge is 0.317 e. The minimum absolute atomic E-state index is 0.0738. The van der Waals surface area contributed by atoms with Crippen LogP contribution in [0.5, 0.6) is 5.75 Å². The van der Waals surface area contributed by atoms with Gasteiger partial charge in [-0.15, -0.1) is 0 Å². The van der Waals surface area contributed by atoms with E-state index in [4.69, 9.17) is 4.74 Å². The minimum Gasteiger partial charge on any atom is -0.497 e. The van der Waals surface area contributed by atoms with E-state index in [9.17, 15) is 9.18 Å². The number of fused-ring (bicyclic) bond motifs is 4. The maximum absolute atomic E-state index is 13.9. The Morgan fingerprint density at radius 1 is 1.16 bits per heavy atom. The molecular weight excluding hydrogens is 395 g/mol. The molecule has 1 spiro atoms. The van der Waals surface area contributed by atoms with Crippen molar-refractivity contribution in [2.75, 3.05) is 25.5 Å². The Morgan fingerprint density at radius 2 is 2.00 bits per heavy atom. The van der Waals surface area contributed by atoms with Gasteiger partial charge in [-0.25, -0.2) is 9.18 Å². The van der Waals surface area contributed by atoms with Crippen LogP contribution >= 0.6 is 0 Å². The average molecular weight is 420 g/mol. The second-order valence-electron chi connectivity index (χ2n) is 8.13. The fourth-order valence-corrected chi connectivity index (χ4v) is 4.67. The van der Waals surface area contributed by atoms with Gasteiger partial charge in [0, 0.05) is 31.5 Å². The number of likely N-dealkylation sites (tertiary alicyclic amines) is 1. The Bertz CT molecular complexity index is 1120. The van der Waals surface area contributed by atoms with E-state index in [1.165, 1.54) is 6.07 Å². The van der Waals surface area contributed by atoms with Gasteiger partial charge in [0.1, 0.15) is 11.6 Å². The highest BCUT2D eigenvalue weighted by Crippen LogP contribution is 2.43. The second kappa shape index (κ2) is 7.65. The molecule has 0 saturated carbocycles. The lowest BCUT2D eigenvalue weighted by Gasteiger charge is -2.46. The standard InChI is InChI=1S/C24H25FN4O2/c1-31-19-5-2-4-17(14-19)16-26-23(30)28-12-9-24(10-13-28)22-6-3-11-29(22)21-8-7-18(25)15-20(21)27-24/h2-8,11,14-15,27H,9-10,12-13,16H2,1H3,(H,26,30). The lowest BCUT2D eigenvalue weighted by molar-refractivity contribution is 0.162. The third-order valence-electron chi connectivity index (χ3n) is 6.31. The quantitative estimate of drug-likeness (QED) is 0.666. The van der Waals surface area contributed by atoms with Crippen LogP contribution < -0.4 is 15.4 Å². The first kappa shape index (κ1) is 19.5. The van der Waals surface area contributed by atoms with Crippen LogP contribution in [0.1, 0.15) is 24.1 Å². The lowest BCUT2D eigenvalue weighted by Crippen LogP contribution is -2.52. The van der Waals surface area contributed by atoms with Crippen LogP contribution in [-0.4, -0.2) is 35.7 Å². The van der Waals surface area contributed by atoms with Gasteiger partial charge in [0.15, 0.2) is 0 Å². The normalized spacial score (nSPS) is 16.3. The predicted molar refractivity (Wildman–Crippen MR) is 117 cm³/mol. The molecule has 2 aliphatic heterocycles. The molecule has 0 bridgehead atoms. The Labute approximate surface area is 180 Å². The molecule has 160 valence electrons. The van der Waals surface area contributed by atoms with Gasteiger partial charge in [0.05, 0.1) is 24.0 Å². The Kier molecular flexibility index (Phi) is 4.81. The SMILES string of the molecule is COc1cccc(CNC(=O)N2CCC3(CC2)Nc2cc(F)ccc2-n2cccc23)c1. The van der Waals surface area contributed by atoms with E-state index in [0.717, 1.165) is 41.2 Å². The highest BCUT2D eigenvalue weighted by atomic mass is 19.1. The van der Waals surface area contributed by atoms with Crippen molar-refractivity contribution in [3.05, 3.63) is 77.9 Å². The van der Waals surface area contributed by atoms with Crippen molar-refractivity contribution in [2.24, 2.45) is 0 Å². The fraction of sp³-hybridized carbons (Fsp3) is 0.292. The Morgan fingerprint density at radius 3 is 2.81 bits per heavy atom. The van der Waals surface area contributed by atoms with Gasteiger partial charge >= 0.3 is 6.03 Å². The van der Waals surface area contributed by atoms with Crippen molar-refractivity contribution in [1.82, 2.24) is 14.8 Å². The topological polar surface area (TPSA) is 58.5 Å². The number of methoxy groups -OCH3 is 1.